The molecule has 8 nitrogen and oxygen atoms in total. The van der Waals surface area contributed by atoms with Gasteiger partial charge in [0.25, 0.3) is 11.5 Å². The normalized spacial score (nSPS) is 16.3. The second-order valence-electron chi connectivity index (χ2n) is 9.35. The highest BCUT2D eigenvalue weighted by atomic mass is 19.1. The molecule has 0 radical (unpaired) electrons. The number of morpholine rings is 1. The number of hydrogen-bond donors (Lipinski definition) is 1. The van der Waals surface area contributed by atoms with E-state index < -0.39 is 5.67 Å². The van der Waals surface area contributed by atoms with Crippen LogP contribution < -0.4 is 15.8 Å². The van der Waals surface area contributed by atoms with Gasteiger partial charge in [-0.3, -0.25) is 14.6 Å². The van der Waals surface area contributed by atoms with E-state index in [1.807, 2.05) is 30.9 Å². The fraction of sp³-hybridized carbons (Fsp3) is 0.385. The zero-order chi connectivity index (χ0) is 25.3. The van der Waals surface area contributed by atoms with Crippen LogP contribution in [0.2, 0.25) is 0 Å². The van der Waals surface area contributed by atoms with E-state index in [0.29, 0.717) is 42.4 Å². The number of aryl methyl sites for hydroxylation is 2. The third-order valence-electron chi connectivity index (χ3n) is 6.12. The molecule has 3 aromatic rings. The summed E-state index contributed by atoms with van der Waals surface area (Å²) in [6, 6.07) is 10.4. The van der Waals surface area contributed by atoms with Gasteiger partial charge in [-0.15, -0.1) is 0 Å². The van der Waals surface area contributed by atoms with Crippen LogP contribution in [0, 0.1) is 6.92 Å². The predicted molar refractivity (Wildman–Crippen MR) is 134 cm³/mol. The molecule has 184 valence electrons. The molecule has 1 aromatic carbocycles. The van der Waals surface area contributed by atoms with E-state index in [1.165, 1.54) is 30.8 Å². The molecule has 1 unspecified atom stereocenters. The van der Waals surface area contributed by atoms with E-state index in [2.05, 4.69) is 15.4 Å². The highest BCUT2D eigenvalue weighted by molar-refractivity contribution is 6.04. The number of halogens is 1. The largest absolute Gasteiger partial charge is 0.377 e. The van der Waals surface area contributed by atoms with Crippen molar-refractivity contribution in [3.8, 4) is 11.3 Å². The zero-order valence-electron chi connectivity index (χ0n) is 20.6. The van der Waals surface area contributed by atoms with Gasteiger partial charge in [-0.2, -0.15) is 5.10 Å². The van der Waals surface area contributed by atoms with Crippen LogP contribution in [0.1, 0.15) is 42.4 Å². The van der Waals surface area contributed by atoms with Crippen LogP contribution in [-0.2, 0) is 17.5 Å². The SMILES string of the molecule is Cc1ccc(NC(=O)c2ccnc(C(C)(C)F)c2)cc1-c1cc(N2CCOCC2C)c(=O)n(C)n1. The second-order valence-corrected chi connectivity index (χ2v) is 9.35. The number of anilines is 2. The van der Waals surface area contributed by atoms with E-state index in [-0.39, 0.29) is 23.2 Å². The summed E-state index contributed by atoms with van der Waals surface area (Å²) in [4.78, 5) is 31.8. The summed E-state index contributed by atoms with van der Waals surface area (Å²) in [5, 5.41) is 7.36. The van der Waals surface area contributed by atoms with Crippen molar-refractivity contribution >= 4 is 17.3 Å². The standard InChI is InChI=1S/C26H30FN5O3/c1-16-6-7-19(29-24(33)18-8-9-28-23(12-18)26(3,4)27)13-20(16)21-14-22(25(34)31(5)30-21)32-10-11-35-15-17(32)2/h6-9,12-14,17H,10-11,15H2,1-5H3,(H,29,33). The first-order valence-corrected chi connectivity index (χ1v) is 11.5. The topological polar surface area (TPSA) is 89.4 Å². The molecule has 1 atom stereocenters. The number of carbonyl (C=O) groups excluding carboxylic acids is 1. The Kier molecular flexibility index (Phi) is 6.71. The molecule has 1 aliphatic heterocycles. The maximum Gasteiger partial charge on any atom is 0.290 e. The first-order valence-electron chi connectivity index (χ1n) is 11.5. The lowest BCUT2D eigenvalue weighted by molar-refractivity contribution is 0.0987. The molecule has 0 saturated carbocycles. The lowest BCUT2D eigenvalue weighted by Crippen LogP contribution is -2.46. The highest BCUT2D eigenvalue weighted by Crippen LogP contribution is 2.28. The molecule has 2 aromatic heterocycles. The number of hydrogen-bond acceptors (Lipinski definition) is 6. The lowest BCUT2D eigenvalue weighted by Gasteiger charge is -2.34. The van der Waals surface area contributed by atoms with Crippen LogP contribution >= 0.6 is 0 Å². The Hall–Kier alpha value is -3.59. The molecular formula is C26H30FN5O3. The van der Waals surface area contributed by atoms with E-state index in [4.69, 9.17) is 4.74 Å². The van der Waals surface area contributed by atoms with E-state index in [9.17, 15) is 14.0 Å². The van der Waals surface area contributed by atoms with Gasteiger partial charge in [-0.1, -0.05) is 6.07 Å². The molecule has 0 aliphatic carbocycles. The van der Waals surface area contributed by atoms with Crippen molar-refractivity contribution in [1.82, 2.24) is 14.8 Å². The minimum absolute atomic E-state index is 0.0676. The number of benzene rings is 1. The van der Waals surface area contributed by atoms with E-state index >= 15 is 0 Å². The van der Waals surface area contributed by atoms with Gasteiger partial charge in [0.1, 0.15) is 11.4 Å². The Balaban J connectivity index is 1.66. The second kappa shape index (κ2) is 9.58. The maximum atomic E-state index is 14.3. The van der Waals surface area contributed by atoms with E-state index in [1.54, 1.807) is 25.2 Å². The summed E-state index contributed by atoms with van der Waals surface area (Å²) in [6.07, 6.45) is 1.43. The zero-order valence-corrected chi connectivity index (χ0v) is 20.6. The Morgan fingerprint density at radius 1 is 1.23 bits per heavy atom. The highest BCUT2D eigenvalue weighted by Gasteiger charge is 2.24. The third-order valence-corrected chi connectivity index (χ3v) is 6.12. The molecule has 0 spiro atoms. The van der Waals surface area contributed by atoms with Crippen LogP contribution in [-0.4, -0.2) is 46.5 Å². The van der Waals surface area contributed by atoms with Crippen LogP contribution in [0.15, 0.2) is 47.4 Å². The first-order chi connectivity index (χ1) is 16.5. The molecular weight excluding hydrogens is 449 g/mol. The van der Waals surface area contributed by atoms with Crippen LogP contribution in [0.5, 0.6) is 0 Å². The van der Waals surface area contributed by atoms with Crippen LogP contribution in [0.3, 0.4) is 0 Å². The fourth-order valence-corrected chi connectivity index (χ4v) is 4.09. The average molecular weight is 480 g/mol. The van der Waals surface area contributed by atoms with Crippen LogP contribution in [0.25, 0.3) is 11.3 Å². The maximum absolute atomic E-state index is 14.3. The molecule has 3 heterocycles. The van der Waals surface area contributed by atoms with Crippen molar-refractivity contribution in [2.45, 2.75) is 39.4 Å². The number of nitrogens with zero attached hydrogens (tertiary/aromatic N) is 4. The molecule has 0 bridgehead atoms. The molecule has 9 heteroatoms. The Morgan fingerprint density at radius 3 is 2.71 bits per heavy atom. The van der Waals surface area contributed by atoms with E-state index in [0.717, 1.165) is 11.1 Å². The summed E-state index contributed by atoms with van der Waals surface area (Å²) in [5.41, 5.74) is 2.17. The average Bonchev–Trinajstić information content (AvgIpc) is 2.82. The lowest BCUT2D eigenvalue weighted by atomic mass is 10.0. The summed E-state index contributed by atoms with van der Waals surface area (Å²) in [5.74, 6) is -0.371. The van der Waals surface area contributed by atoms with Crippen molar-refractivity contribution < 1.29 is 13.9 Å². The molecule has 1 N–H and O–H groups in total. The molecule has 1 aliphatic rings. The quantitative estimate of drug-likeness (QED) is 0.598. The van der Waals surface area contributed by atoms with Gasteiger partial charge in [0.2, 0.25) is 0 Å². The number of aromatic nitrogens is 3. The molecule has 35 heavy (non-hydrogen) atoms. The minimum Gasteiger partial charge on any atom is -0.377 e. The van der Waals surface area contributed by atoms with Gasteiger partial charge in [0.05, 0.1) is 24.6 Å². The minimum atomic E-state index is -1.65. The Labute approximate surface area is 203 Å². The molecule has 1 amide bonds. The van der Waals surface area contributed by atoms with Crippen molar-refractivity contribution in [2.24, 2.45) is 7.05 Å². The van der Waals surface area contributed by atoms with Gasteiger partial charge in [-0.05, 0) is 63.6 Å². The number of alkyl halides is 1. The number of pyridine rings is 1. The molecule has 4 rings (SSSR count). The monoisotopic (exact) mass is 479 g/mol. The molecule has 1 saturated heterocycles. The summed E-state index contributed by atoms with van der Waals surface area (Å²) < 4.78 is 21.2. The van der Waals surface area contributed by atoms with Gasteiger partial charge in [0, 0.05) is 42.6 Å². The number of nitrogens with one attached hydrogen (secondary N) is 1. The van der Waals surface area contributed by atoms with Crippen molar-refractivity contribution in [2.75, 3.05) is 30.0 Å². The van der Waals surface area contributed by atoms with Crippen molar-refractivity contribution in [3.63, 3.8) is 0 Å². The fourth-order valence-electron chi connectivity index (χ4n) is 4.09. The van der Waals surface area contributed by atoms with Gasteiger partial charge >= 0.3 is 0 Å². The number of ether oxygens (including phenoxy) is 1. The number of amides is 1. The van der Waals surface area contributed by atoms with Gasteiger partial charge < -0.3 is 15.0 Å². The Bertz CT molecular complexity index is 1320. The van der Waals surface area contributed by atoms with Crippen molar-refractivity contribution in [1.29, 1.82) is 0 Å². The van der Waals surface area contributed by atoms with Crippen LogP contribution in [0.4, 0.5) is 15.8 Å². The third kappa shape index (κ3) is 5.24. The predicted octanol–water partition coefficient (Wildman–Crippen LogP) is 3.83. The van der Waals surface area contributed by atoms with Crippen molar-refractivity contribution in [3.05, 3.63) is 69.8 Å². The smallest absolute Gasteiger partial charge is 0.290 e. The summed E-state index contributed by atoms with van der Waals surface area (Å²) in [6.45, 7) is 8.50. The van der Waals surface area contributed by atoms with Gasteiger partial charge in [-0.25, -0.2) is 9.07 Å². The Morgan fingerprint density at radius 2 is 2.00 bits per heavy atom. The summed E-state index contributed by atoms with van der Waals surface area (Å²) in [7, 11) is 1.63. The number of rotatable bonds is 5. The first kappa shape index (κ1) is 24.5. The summed E-state index contributed by atoms with van der Waals surface area (Å²) >= 11 is 0. The molecule has 1 fully saturated rings. The van der Waals surface area contributed by atoms with Gasteiger partial charge in [0.15, 0.2) is 0 Å². The number of carbonyl (C=O) groups is 1.